The number of rotatable bonds is 9. The lowest BCUT2D eigenvalue weighted by molar-refractivity contribution is 0.0953. The normalized spacial score (nSPS) is 9.94. The van der Waals surface area contributed by atoms with Gasteiger partial charge < -0.3 is 19.5 Å². The molecule has 0 aliphatic rings. The number of carbonyl (C=O) groups excluding carboxylic acids is 1. The molecule has 0 fully saturated rings. The molecule has 0 saturated heterocycles. The molecule has 1 heterocycles. The van der Waals surface area contributed by atoms with Crippen molar-refractivity contribution in [3.63, 3.8) is 0 Å². The van der Waals surface area contributed by atoms with Gasteiger partial charge in [0, 0.05) is 5.56 Å². The van der Waals surface area contributed by atoms with Gasteiger partial charge in [-0.1, -0.05) is 36.1 Å². The van der Waals surface area contributed by atoms with E-state index in [1.54, 1.807) is 38.5 Å². The number of nitrogens with zero attached hydrogens (tertiary/aromatic N) is 1. The van der Waals surface area contributed by atoms with E-state index in [-0.39, 0.29) is 19.1 Å². The third-order valence-corrected chi connectivity index (χ3v) is 4.60. The molecular weight excluding hydrogens is 406 g/mol. The number of H-pyrrole nitrogens is 1. The number of benzene rings is 2. The van der Waals surface area contributed by atoms with Crippen molar-refractivity contribution in [1.82, 2.24) is 15.5 Å². The second-order valence-electron chi connectivity index (χ2n) is 6.66. The summed E-state index contributed by atoms with van der Waals surface area (Å²) in [4.78, 5) is 12.4. The van der Waals surface area contributed by atoms with E-state index in [2.05, 4.69) is 33.9 Å². The van der Waals surface area contributed by atoms with Crippen LogP contribution in [-0.2, 0) is 6.42 Å². The molecule has 3 aromatic rings. The topological polar surface area (TPSA) is 85.5 Å². The summed E-state index contributed by atoms with van der Waals surface area (Å²) in [5.41, 5.74) is 2.67. The Bertz CT molecular complexity index is 1140. The van der Waals surface area contributed by atoms with E-state index in [4.69, 9.17) is 14.2 Å². The molecule has 3 rings (SSSR count). The van der Waals surface area contributed by atoms with Crippen molar-refractivity contribution in [3.05, 3.63) is 72.4 Å². The van der Waals surface area contributed by atoms with E-state index < -0.39 is 0 Å². The van der Waals surface area contributed by atoms with Crippen LogP contribution >= 0.6 is 0 Å². The Kier molecular flexibility index (Phi) is 7.93. The van der Waals surface area contributed by atoms with E-state index in [1.165, 1.54) is 0 Å². The number of methoxy groups -OCH3 is 2. The number of aromatic amines is 1. The number of hydrogen-bond acceptors (Lipinski definition) is 5. The number of ether oxygens (including phenoxy) is 3. The van der Waals surface area contributed by atoms with Crippen molar-refractivity contribution in [2.45, 2.75) is 6.42 Å². The van der Waals surface area contributed by atoms with Crippen LogP contribution in [0.5, 0.6) is 17.2 Å². The van der Waals surface area contributed by atoms with Crippen molar-refractivity contribution in [3.8, 4) is 40.3 Å². The maximum atomic E-state index is 12.4. The van der Waals surface area contributed by atoms with Crippen LogP contribution in [0.4, 0.5) is 0 Å². The summed E-state index contributed by atoms with van der Waals surface area (Å²) in [6.45, 7) is 4.17. The first kappa shape index (κ1) is 22.5. The van der Waals surface area contributed by atoms with Gasteiger partial charge in [-0.25, -0.2) is 0 Å². The van der Waals surface area contributed by atoms with Gasteiger partial charge in [0.25, 0.3) is 5.91 Å². The monoisotopic (exact) mass is 431 g/mol. The molecule has 2 N–H and O–H groups in total. The average Bonchev–Trinajstić information content (AvgIpc) is 3.32. The molecule has 0 aliphatic carbocycles. The third-order valence-electron chi connectivity index (χ3n) is 4.60. The molecule has 0 atom stereocenters. The number of amides is 1. The van der Waals surface area contributed by atoms with Gasteiger partial charge in [0.2, 0.25) is 0 Å². The van der Waals surface area contributed by atoms with E-state index in [0.29, 0.717) is 22.9 Å². The Morgan fingerprint density at radius 1 is 1.12 bits per heavy atom. The average molecular weight is 431 g/mol. The van der Waals surface area contributed by atoms with Crippen LogP contribution in [0.2, 0.25) is 0 Å². The Balaban J connectivity index is 1.54. The molecular formula is C25H25N3O4. The van der Waals surface area contributed by atoms with Gasteiger partial charge in [0.1, 0.15) is 29.5 Å². The van der Waals surface area contributed by atoms with Crippen LogP contribution in [0, 0.1) is 11.8 Å². The summed E-state index contributed by atoms with van der Waals surface area (Å²) in [5.74, 6) is 7.55. The number of hydrogen-bond donors (Lipinski definition) is 2. The number of para-hydroxylation sites is 1. The second-order valence-corrected chi connectivity index (χ2v) is 6.66. The predicted octanol–water partition coefficient (Wildman–Crippen LogP) is 3.63. The molecule has 0 saturated carbocycles. The van der Waals surface area contributed by atoms with Gasteiger partial charge in [-0.15, -0.1) is 6.58 Å². The summed E-state index contributed by atoms with van der Waals surface area (Å²) < 4.78 is 16.3. The molecule has 0 bridgehead atoms. The molecule has 0 radical (unpaired) electrons. The Labute approximate surface area is 187 Å². The zero-order chi connectivity index (χ0) is 22.8. The zero-order valence-corrected chi connectivity index (χ0v) is 18.1. The molecule has 0 unspecified atom stereocenters. The van der Waals surface area contributed by atoms with Gasteiger partial charge in [0.15, 0.2) is 0 Å². The minimum absolute atomic E-state index is 0.188. The second kappa shape index (κ2) is 11.3. The van der Waals surface area contributed by atoms with Gasteiger partial charge in [-0.3, -0.25) is 9.89 Å². The fraction of sp³-hybridized carbons (Fsp3) is 0.200. The highest BCUT2D eigenvalue weighted by molar-refractivity contribution is 5.93. The first-order valence-corrected chi connectivity index (χ1v) is 9.99. The summed E-state index contributed by atoms with van der Waals surface area (Å²) >= 11 is 0. The largest absolute Gasteiger partial charge is 0.497 e. The number of nitrogens with one attached hydrogen (secondary N) is 2. The lowest BCUT2D eigenvalue weighted by Gasteiger charge is -2.08. The Morgan fingerprint density at radius 2 is 1.97 bits per heavy atom. The molecule has 0 spiro atoms. The smallest absolute Gasteiger partial charge is 0.270 e. The molecule has 164 valence electrons. The first-order valence-electron chi connectivity index (χ1n) is 9.99. The SMILES string of the molecule is C=CCc1ccccc1OCC#CCNC(=O)c1cc(-c2cc(OC)ccc2OC)n[nH]1. The number of carbonyl (C=O) groups is 1. The highest BCUT2D eigenvalue weighted by atomic mass is 16.5. The van der Waals surface area contributed by atoms with E-state index >= 15 is 0 Å². The third kappa shape index (κ3) is 5.70. The summed E-state index contributed by atoms with van der Waals surface area (Å²) in [6.07, 6.45) is 2.56. The van der Waals surface area contributed by atoms with Crippen molar-refractivity contribution >= 4 is 5.91 Å². The minimum Gasteiger partial charge on any atom is -0.497 e. The fourth-order valence-corrected chi connectivity index (χ4v) is 3.01. The molecule has 0 aliphatic heterocycles. The van der Waals surface area contributed by atoms with Crippen LogP contribution in [0.3, 0.4) is 0 Å². The fourth-order valence-electron chi connectivity index (χ4n) is 3.01. The summed E-state index contributed by atoms with van der Waals surface area (Å²) in [7, 11) is 3.16. The first-order chi connectivity index (χ1) is 15.7. The maximum Gasteiger partial charge on any atom is 0.270 e. The summed E-state index contributed by atoms with van der Waals surface area (Å²) in [5, 5.41) is 9.70. The summed E-state index contributed by atoms with van der Waals surface area (Å²) in [6, 6.07) is 14.8. The standard InChI is InChI=1S/C25H25N3O4/c1-4-9-18-10-5-6-11-23(18)32-15-8-7-14-26-25(29)22-17-21(27-28-22)20-16-19(30-2)12-13-24(20)31-3/h4-6,10-13,16-17H,1,9,14-15H2,2-3H3,(H,26,29)(H,27,28). The number of allylic oxidation sites excluding steroid dienone is 1. The molecule has 7 heteroatoms. The van der Waals surface area contributed by atoms with Crippen LogP contribution < -0.4 is 19.5 Å². The molecule has 32 heavy (non-hydrogen) atoms. The van der Waals surface area contributed by atoms with Gasteiger partial charge in [-0.05, 0) is 42.3 Å². The highest BCUT2D eigenvalue weighted by Gasteiger charge is 2.14. The highest BCUT2D eigenvalue weighted by Crippen LogP contribution is 2.32. The van der Waals surface area contributed by atoms with Gasteiger partial charge in [-0.2, -0.15) is 5.10 Å². The zero-order valence-electron chi connectivity index (χ0n) is 18.1. The van der Waals surface area contributed by atoms with Crippen molar-refractivity contribution < 1.29 is 19.0 Å². The maximum absolute atomic E-state index is 12.4. The lowest BCUT2D eigenvalue weighted by Crippen LogP contribution is -2.24. The number of aromatic nitrogens is 2. The lowest BCUT2D eigenvalue weighted by atomic mass is 10.1. The van der Waals surface area contributed by atoms with E-state index in [0.717, 1.165) is 23.3 Å². The molecule has 7 nitrogen and oxygen atoms in total. The molecule has 1 aromatic heterocycles. The Hall–Kier alpha value is -4.18. The predicted molar refractivity (Wildman–Crippen MR) is 123 cm³/mol. The quantitative estimate of drug-likeness (QED) is 0.399. The van der Waals surface area contributed by atoms with E-state index in [1.807, 2.05) is 30.3 Å². The van der Waals surface area contributed by atoms with Crippen molar-refractivity contribution in [2.75, 3.05) is 27.4 Å². The van der Waals surface area contributed by atoms with Crippen molar-refractivity contribution in [1.29, 1.82) is 0 Å². The van der Waals surface area contributed by atoms with Gasteiger partial charge in [0.05, 0.1) is 26.5 Å². The van der Waals surface area contributed by atoms with Crippen LogP contribution in [0.1, 0.15) is 16.1 Å². The van der Waals surface area contributed by atoms with Crippen LogP contribution in [0.25, 0.3) is 11.3 Å². The van der Waals surface area contributed by atoms with Crippen LogP contribution in [0.15, 0.2) is 61.2 Å². The van der Waals surface area contributed by atoms with Gasteiger partial charge >= 0.3 is 0 Å². The van der Waals surface area contributed by atoms with Crippen molar-refractivity contribution in [2.24, 2.45) is 0 Å². The molecule has 1 amide bonds. The van der Waals surface area contributed by atoms with E-state index in [9.17, 15) is 4.79 Å². The Morgan fingerprint density at radius 3 is 2.75 bits per heavy atom. The minimum atomic E-state index is -0.308. The molecule has 2 aromatic carbocycles. The van der Waals surface area contributed by atoms with Crippen LogP contribution in [-0.4, -0.2) is 43.5 Å².